The van der Waals surface area contributed by atoms with Gasteiger partial charge in [-0.1, -0.05) is 39.0 Å². The van der Waals surface area contributed by atoms with Crippen molar-refractivity contribution in [3.05, 3.63) is 53.6 Å². The molecule has 6 atom stereocenters. The minimum absolute atomic E-state index is 0.0368. The molecule has 3 fully saturated rings. The van der Waals surface area contributed by atoms with Crippen molar-refractivity contribution in [2.45, 2.75) is 94.5 Å². The number of nitrogens with one attached hydrogen (secondary N) is 3. The van der Waals surface area contributed by atoms with Gasteiger partial charge < -0.3 is 35.3 Å². The van der Waals surface area contributed by atoms with Gasteiger partial charge in [0, 0.05) is 37.3 Å². The molecule has 4 N–H and O–H groups in total. The predicted molar refractivity (Wildman–Crippen MR) is 184 cm³/mol. The van der Waals surface area contributed by atoms with E-state index < -0.39 is 58.8 Å². The molecule has 12 nitrogen and oxygen atoms in total. The molecule has 3 aliphatic rings. The number of thiazole rings is 1. The quantitative estimate of drug-likeness (QED) is 0.179. The van der Waals surface area contributed by atoms with Crippen LogP contribution >= 0.6 is 11.3 Å². The van der Waals surface area contributed by atoms with E-state index in [0.29, 0.717) is 22.9 Å². The van der Waals surface area contributed by atoms with E-state index in [9.17, 15) is 27.1 Å². The molecular formula is C34H45F2N5O7S2. The first-order valence-electron chi connectivity index (χ1n) is 17.0. The van der Waals surface area contributed by atoms with Gasteiger partial charge in [-0.25, -0.2) is 27.0 Å². The number of carbonyl (C=O) groups excluding carboxylic acids is 1. The smallest absolute Gasteiger partial charge is 0.407 e. The molecule has 274 valence electrons. The number of carbonyl (C=O) groups is 1. The summed E-state index contributed by atoms with van der Waals surface area (Å²) in [6, 6.07) is 6.90. The molecule has 2 aromatic carbocycles. The second-order valence-corrected chi connectivity index (χ2v) is 17.0. The number of halogens is 2. The molecular weight excluding hydrogens is 693 g/mol. The first-order chi connectivity index (χ1) is 23.7. The fourth-order valence-electron chi connectivity index (χ4n) is 6.49. The molecule has 1 aromatic heterocycles. The van der Waals surface area contributed by atoms with Crippen molar-refractivity contribution in [2.75, 3.05) is 31.6 Å². The van der Waals surface area contributed by atoms with E-state index in [1.54, 1.807) is 12.1 Å². The fourth-order valence-corrected chi connectivity index (χ4v) is 9.19. The van der Waals surface area contributed by atoms with Crippen molar-refractivity contribution in [1.82, 2.24) is 19.9 Å². The number of benzene rings is 2. The minimum Gasteiger partial charge on any atom is -0.443 e. The van der Waals surface area contributed by atoms with Gasteiger partial charge in [0.25, 0.3) is 0 Å². The van der Waals surface area contributed by atoms with Gasteiger partial charge >= 0.3 is 6.09 Å². The number of hydrogen-bond donors (Lipinski definition) is 4. The van der Waals surface area contributed by atoms with E-state index in [2.05, 4.69) is 20.9 Å². The van der Waals surface area contributed by atoms with Crippen LogP contribution in [0.25, 0.3) is 10.2 Å². The van der Waals surface area contributed by atoms with Crippen LogP contribution in [0, 0.1) is 23.5 Å². The summed E-state index contributed by atoms with van der Waals surface area (Å²) >= 11 is 1.37. The number of nitrogens with zero attached hydrogens (tertiary/aromatic N) is 2. The number of fused-ring (bicyclic) bond motifs is 2. The molecule has 1 saturated carbocycles. The van der Waals surface area contributed by atoms with Crippen LogP contribution < -0.4 is 16.0 Å². The predicted octanol–water partition coefficient (Wildman–Crippen LogP) is 4.23. The third-order valence-corrected chi connectivity index (χ3v) is 11.7. The lowest BCUT2D eigenvalue weighted by molar-refractivity contribution is -0.0908. The molecule has 1 amide bonds. The molecule has 0 spiro atoms. The van der Waals surface area contributed by atoms with Crippen LogP contribution in [0.4, 0.5) is 18.7 Å². The Kier molecular flexibility index (Phi) is 11.3. The lowest BCUT2D eigenvalue weighted by Crippen LogP contribution is -2.52. The first kappa shape index (κ1) is 36.8. The molecule has 0 bridgehead atoms. The molecule has 0 unspecified atom stereocenters. The highest BCUT2D eigenvalue weighted by Gasteiger charge is 2.50. The number of rotatable bonds is 15. The van der Waals surface area contributed by atoms with Crippen molar-refractivity contribution in [2.24, 2.45) is 11.8 Å². The third-order valence-electron chi connectivity index (χ3n) is 8.89. The summed E-state index contributed by atoms with van der Waals surface area (Å²) in [5.74, 6) is -2.05. The molecule has 50 heavy (non-hydrogen) atoms. The van der Waals surface area contributed by atoms with Crippen LogP contribution in [0.1, 0.15) is 46.1 Å². The molecule has 1 aliphatic carbocycles. The summed E-state index contributed by atoms with van der Waals surface area (Å²) < 4.78 is 75.7. The number of aliphatic hydroxyl groups is 1. The Labute approximate surface area is 294 Å². The maximum Gasteiger partial charge on any atom is 0.407 e. The number of hydrogen-bond acceptors (Lipinski definition) is 11. The summed E-state index contributed by atoms with van der Waals surface area (Å²) in [7, 11) is -4.15. The number of alkyl carbamates (subject to hydrolysis) is 1. The number of amides is 1. The second-order valence-electron chi connectivity index (χ2n) is 14.1. The average Bonchev–Trinajstić information content (AvgIpc) is 3.41. The normalized spacial score (nSPS) is 23.5. The minimum atomic E-state index is -4.15. The number of sulfonamides is 1. The summed E-state index contributed by atoms with van der Waals surface area (Å²) in [6.45, 7) is 7.83. The maximum absolute atomic E-state index is 14.2. The van der Waals surface area contributed by atoms with E-state index in [-0.39, 0.29) is 54.0 Å². The van der Waals surface area contributed by atoms with Crippen LogP contribution in [-0.4, -0.2) is 97.9 Å². The zero-order valence-electron chi connectivity index (χ0n) is 28.5. The van der Waals surface area contributed by atoms with Crippen LogP contribution in [0.3, 0.4) is 0 Å². The Morgan fingerprint density at radius 1 is 1.08 bits per heavy atom. The zero-order chi connectivity index (χ0) is 35.7. The number of aromatic nitrogens is 1. The lowest BCUT2D eigenvalue weighted by Gasteiger charge is -2.31. The number of anilines is 1. The standard InChI is InChI=1S/C34H45F2N5O7S2/c1-18(2)14-41(50(44,45)24-7-8-25-30(13-24)49-33(39-25)38-23-5-6-23)15-28(42)26(11-20-9-21(35)12-22(36)10-20)40-34(43)48-29-17-47-32-31(29)27(16-46-32)37-19(3)4/h7-10,12-13,18-19,23,26-29,31-32,37,42H,5-6,11,14-17H2,1-4H3,(H,38,39)(H,40,43)/t26-,27-,28+,29-,31-,32+/m0/s1. The van der Waals surface area contributed by atoms with Gasteiger partial charge in [0.1, 0.15) is 17.7 Å². The van der Waals surface area contributed by atoms with Gasteiger partial charge in [-0.05, 0) is 61.1 Å². The average molecular weight is 738 g/mol. The molecule has 0 radical (unpaired) electrons. The van der Waals surface area contributed by atoms with Crippen LogP contribution in [0.15, 0.2) is 41.3 Å². The largest absolute Gasteiger partial charge is 0.443 e. The van der Waals surface area contributed by atoms with Crippen molar-refractivity contribution in [3.63, 3.8) is 0 Å². The number of ether oxygens (including phenoxy) is 3. The third kappa shape index (κ3) is 8.89. The highest BCUT2D eigenvalue weighted by atomic mass is 32.2. The van der Waals surface area contributed by atoms with Crippen molar-refractivity contribution in [1.29, 1.82) is 0 Å². The molecule has 6 rings (SSSR count). The van der Waals surface area contributed by atoms with Gasteiger partial charge in [0.2, 0.25) is 10.0 Å². The van der Waals surface area contributed by atoms with E-state index in [0.717, 1.165) is 36.2 Å². The topological polar surface area (TPSA) is 151 Å². The molecule has 2 aliphatic heterocycles. The van der Waals surface area contributed by atoms with Gasteiger partial charge in [-0.2, -0.15) is 4.31 Å². The van der Waals surface area contributed by atoms with E-state index in [1.807, 2.05) is 27.7 Å². The maximum atomic E-state index is 14.2. The Bertz CT molecular complexity index is 1750. The summed E-state index contributed by atoms with van der Waals surface area (Å²) in [5.41, 5.74) is 0.832. The Hall–Kier alpha value is -2.99. The van der Waals surface area contributed by atoms with E-state index in [1.165, 1.54) is 21.7 Å². The van der Waals surface area contributed by atoms with Gasteiger partial charge in [-0.15, -0.1) is 0 Å². The Morgan fingerprint density at radius 3 is 2.48 bits per heavy atom. The summed E-state index contributed by atoms with van der Waals surface area (Å²) in [4.78, 5) is 18.0. The zero-order valence-corrected chi connectivity index (χ0v) is 30.1. The van der Waals surface area contributed by atoms with E-state index >= 15 is 0 Å². The second kappa shape index (κ2) is 15.3. The monoisotopic (exact) mass is 737 g/mol. The van der Waals surface area contributed by atoms with E-state index in [4.69, 9.17) is 14.2 Å². The molecule has 2 saturated heterocycles. The fraction of sp³-hybridized carbons (Fsp3) is 0.588. The lowest BCUT2D eigenvalue weighted by atomic mass is 9.97. The molecule has 3 aromatic rings. The van der Waals surface area contributed by atoms with Crippen LogP contribution in [0.5, 0.6) is 0 Å². The van der Waals surface area contributed by atoms with Crippen LogP contribution in [-0.2, 0) is 30.7 Å². The van der Waals surface area contributed by atoms with Gasteiger partial charge in [-0.3, -0.25) is 0 Å². The van der Waals surface area contributed by atoms with Gasteiger partial charge in [0.05, 0.1) is 46.4 Å². The highest BCUT2D eigenvalue weighted by molar-refractivity contribution is 7.89. The number of aliphatic hydroxyl groups excluding tert-OH is 1. The van der Waals surface area contributed by atoms with Crippen molar-refractivity contribution < 1.29 is 41.3 Å². The SMILES string of the molecule is CC(C)CN(C[C@@H](O)[C@H](Cc1cc(F)cc(F)c1)NC(=O)O[C@H]1CO[C@H]2OC[C@H](NC(C)C)[C@H]21)S(=O)(=O)c1ccc2nc(NC3CC3)sc2c1. The summed E-state index contributed by atoms with van der Waals surface area (Å²) in [6.07, 6.45) is -1.65. The Balaban J connectivity index is 1.21. The Morgan fingerprint density at radius 2 is 1.80 bits per heavy atom. The van der Waals surface area contributed by atoms with Gasteiger partial charge in [0.15, 0.2) is 11.4 Å². The van der Waals surface area contributed by atoms with Crippen molar-refractivity contribution in [3.8, 4) is 0 Å². The summed E-state index contributed by atoms with van der Waals surface area (Å²) in [5, 5.41) is 21.8. The molecule has 16 heteroatoms. The molecule has 3 heterocycles. The van der Waals surface area contributed by atoms with Crippen LogP contribution in [0.2, 0.25) is 0 Å². The van der Waals surface area contributed by atoms with Crippen molar-refractivity contribution >= 4 is 42.8 Å². The highest BCUT2D eigenvalue weighted by Crippen LogP contribution is 2.35. The first-order valence-corrected chi connectivity index (χ1v) is 19.3.